The van der Waals surface area contributed by atoms with Crippen molar-refractivity contribution in [2.45, 2.75) is 26.3 Å². The van der Waals surface area contributed by atoms with Gasteiger partial charge in [-0.05, 0) is 25.5 Å². The maximum atomic E-state index is 12.4. The summed E-state index contributed by atoms with van der Waals surface area (Å²) in [4.78, 5) is 12.4. The minimum absolute atomic E-state index is 0.0322. The number of nitrogens with one attached hydrogen (secondary N) is 1. The summed E-state index contributed by atoms with van der Waals surface area (Å²) in [5.41, 5.74) is 6.51. The number of aromatic amines is 1. The van der Waals surface area contributed by atoms with E-state index in [0.29, 0.717) is 21.2 Å². The molecular weight excluding hydrogens is 285 g/mol. The van der Waals surface area contributed by atoms with Gasteiger partial charge in [-0.25, -0.2) is 4.68 Å². The second kappa shape index (κ2) is 5.31. The highest BCUT2D eigenvalue weighted by Gasteiger charge is 2.20. The highest BCUT2D eigenvalue weighted by atomic mass is 35.5. The van der Waals surface area contributed by atoms with Gasteiger partial charge < -0.3 is 5.73 Å². The van der Waals surface area contributed by atoms with E-state index >= 15 is 0 Å². The number of nitrogen functional groups attached to an aromatic ring is 1. The minimum atomic E-state index is -0.207. The van der Waals surface area contributed by atoms with E-state index in [2.05, 4.69) is 5.10 Å². The van der Waals surface area contributed by atoms with Crippen molar-refractivity contribution < 1.29 is 0 Å². The molecule has 4 nitrogen and oxygen atoms in total. The fourth-order valence-corrected chi connectivity index (χ4v) is 2.53. The average molecular weight is 300 g/mol. The summed E-state index contributed by atoms with van der Waals surface area (Å²) < 4.78 is 1.50. The number of hydrogen-bond donors (Lipinski definition) is 2. The molecule has 1 atom stereocenters. The smallest absolute Gasteiger partial charge is 0.276 e. The highest BCUT2D eigenvalue weighted by Crippen LogP contribution is 2.35. The molecule has 0 saturated heterocycles. The van der Waals surface area contributed by atoms with Crippen LogP contribution in [-0.4, -0.2) is 9.78 Å². The van der Waals surface area contributed by atoms with Gasteiger partial charge in [-0.3, -0.25) is 9.89 Å². The molecule has 19 heavy (non-hydrogen) atoms. The normalized spacial score (nSPS) is 12.6. The van der Waals surface area contributed by atoms with Crippen LogP contribution in [0, 0.1) is 0 Å². The van der Waals surface area contributed by atoms with Gasteiger partial charge in [0.15, 0.2) is 0 Å². The van der Waals surface area contributed by atoms with Crippen molar-refractivity contribution in [2.24, 2.45) is 0 Å². The highest BCUT2D eigenvalue weighted by molar-refractivity contribution is 6.39. The molecule has 102 valence electrons. The van der Waals surface area contributed by atoms with E-state index in [1.165, 1.54) is 4.68 Å². The predicted molar refractivity (Wildman–Crippen MR) is 79.9 cm³/mol. The number of rotatable bonds is 3. The Kier molecular flexibility index (Phi) is 3.92. The second-order valence-electron chi connectivity index (χ2n) is 4.43. The Balaban J connectivity index is 2.71. The van der Waals surface area contributed by atoms with Gasteiger partial charge in [-0.2, -0.15) is 0 Å². The van der Waals surface area contributed by atoms with Gasteiger partial charge in [-0.15, -0.1) is 0 Å². The largest absolute Gasteiger partial charge is 0.383 e. The Morgan fingerprint density at radius 1 is 1.32 bits per heavy atom. The summed E-state index contributed by atoms with van der Waals surface area (Å²) in [6.45, 7) is 3.94. The molecule has 0 spiro atoms. The Bertz CT molecular complexity index is 640. The fraction of sp³-hybridized carbons (Fsp3) is 0.308. The van der Waals surface area contributed by atoms with Crippen molar-refractivity contribution >= 4 is 29.0 Å². The Hall–Kier alpha value is -1.39. The molecule has 0 fully saturated rings. The molecule has 0 saturated carbocycles. The first-order chi connectivity index (χ1) is 8.97. The molecular formula is C13H15Cl2N3O. The van der Waals surface area contributed by atoms with Crippen LogP contribution in [0.1, 0.15) is 26.3 Å². The van der Waals surface area contributed by atoms with E-state index in [9.17, 15) is 4.79 Å². The lowest BCUT2D eigenvalue weighted by atomic mass is 10.1. The van der Waals surface area contributed by atoms with E-state index < -0.39 is 0 Å². The predicted octanol–water partition coefficient (Wildman–Crippen LogP) is 3.70. The quantitative estimate of drug-likeness (QED) is 0.907. The van der Waals surface area contributed by atoms with Gasteiger partial charge in [0.1, 0.15) is 5.82 Å². The monoisotopic (exact) mass is 299 g/mol. The third-order valence-electron chi connectivity index (χ3n) is 3.19. The molecule has 1 unspecified atom stereocenters. The Morgan fingerprint density at radius 3 is 2.42 bits per heavy atom. The summed E-state index contributed by atoms with van der Waals surface area (Å²) in [6.07, 6.45) is 0.815. The summed E-state index contributed by atoms with van der Waals surface area (Å²) >= 11 is 12.3. The standard InChI is InChI=1S/C13H15Cl2N3O/c1-3-7(2)18-13(19)11(12(16)17-18)10-8(14)5-4-6-9(10)15/h4-7,17H,3,16H2,1-2H3. The van der Waals surface area contributed by atoms with Gasteiger partial charge >= 0.3 is 0 Å². The zero-order valence-electron chi connectivity index (χ0n) is 10.7. The van der Waals surface area contributed by atoms with E-state index in [4.69, 9.17) is 28.9 Å². The molecule has 0 radical (unpaired) electrons. The topological polar surface area (TPSA) is 63.8 Å². The number of hydrogen-bond acceptors (Lipinski definition) is 2. The number of aromatic nitrogens is 2. The van der Waals surface area contributed by atoms with Crippen LogP contribution >= 0.6 is 23.2 Å². The lowest BCUT2D eigenvalue weighted by molar-refractivity contribution is 0.467. The number of benzene rings is 1. The van der Waals surface area contributed by atoms with E-state index in [-0.39, 0.29) is 17.4 Å². The molecule has 6 heteroatoms. The van der Waals surface area contributed by atoms with Crippen molar-refractivity contribution in [2.75, 3.05) is 5.73 Å². The maximum Gasteiger partial charge on any atom is 0.276 e. The van der Waals surface area contributed by atoms with Crippen molar-refractivity contribution in [3.05, 3.63) is 38.6 Å². The minimum Gasteiger partial charge on any atom is -0.383 e. The molecule has 0 aliphatic heterocycles. The molecule has 0 aliphatic rings. The first-order valence-electron chi connectivity index (χ1n) is 6.01. The van der Waals surface area contributed by atoms with Crippen LogP contribution < -0.4 is 11.3 Å². The van der Waals surface area contributed by atoms with Gasteiger partial charge in [0, 0.05) is 5.56 Å². The SMILES string of the molecule is CCC(C)n1[nH]c(N)c(-c2c(Cl)cccc2Cl)c1=O. The average Bonchev–Trinajstić information content (AvgIpc) is 2.65. The number of halogens is 2. The second-order valence-corrected chi connectivity index (χ2v) is 5.24. The lowest BCUT2D eigenvalue weighted by Crippen LogP contribution is -2.21. The van der Waals surface area contributed by atoms with Gasteiger partial charge in [0.25, 0.3) is 5.56 Å². The van der Waals surface area contributed by atoms with Crippen LogP contribution in [0.5, 0.6) is 0 Å². The molecule has 2 aromatic rings. The number of nitrogens with zero attached hydrogens (tertiary/aromatic N) is 1. The van der Waals surface area contributed by atoms with Crippen LogP contribution in [0.3, 0.4) is 0 Å². The van der Waals surface area contributed by atoms with Gasteiger partial charge in [0.2, 0.25) is 0 Å². The van der Waals surface area contributed by atoms with Gasteiger partial charge in [0.05, 0.1) is 21.7 Å². The van der Waals surface area contributed by atoms with Crippen molar-refractivity contribution in [3.8, 4) is 11.1 Å². The molecule has 1 aromatic heterocycles. The molecule has 0 amide bonds. The molecule has 1 aromatic carbocycles. The van der Waals surface area contributed by atoms with E-state index in [1.807, 2.05) is 13.8 Å². The summed E-state index contributed by atoms with van der Waals surface area (Å²) in [5.74, 6) is 0.278. The molecule has 0 aliphatic carbocycles. The summed E-state index contributed by atoms with van der Waals surface area (Å²) in [7, 11) is 0. The maximum absolute atomic E-state index is 12.4. The van der Waals surface area contributed by atoms with Crippen LogP contribution in [0.15, 0.2) is 23.0 Å². The number of anilines is 1. The first-order valence-corrected chi connectivity index (χ1v) is 6.77. The third kappa shape index (κ3) is 2.38. The van der Waals surface area contributed by atoms with E-state index in [0.717, 1.165) is 6.42 Å². The Morgan fingerprint density at radius 2 is 1.89 bits per heavy atom. The lowest BCUT2D eigenvalue weighted by Gasteiger charge is -2.08. The number of H-pyrrole nitrogens is 1. The van der Waals surface area contributed by atoms with Crippen LogP contribution in [0.2, 0.25) is 10.0 Å². The fourth-order valence-electron chi connectivity index (χ4n) is 1.94. The molecule has 1 heterocycles. The summed E-state index contributed by atoms with van der Waals surface area (Å²) in [5, 5.41) is 3.70. The van der Waals surface area contributed by atoms with Crippen LogP contribution in [-0.2, 0) is 0 Å². The van der Waals surface area contributed by atoms with Crippen molar-refractivity contribution in [1.82, 2.24) is 9.78 Å². The third-order valence-corrected chi connectivity index (χ3v) is 3.82. The zero-order chi connectivity index (χ0) is 14.2. The molecule has 3 N–H and O–H groups in total. The first kappa shape index (κ1) is 14.0. The number of nitrogens with two attached hydrogens (primary N) is 1. The van der Waals surface area contributed by atoms with Crippen LogP contribution in [0.4, 0.5) is 5.82 Å². The molecule has 0 bridgehead atoms. The van der Waals surface area contributed by atoms with E-state index in [1.54, 1.807) is 18.2 Å². The van der Waals surface area contributed by atoms with Crippen LogP contribution in [0.25, 0.3) is 11.1 Å². The zero-order valence-corrected chi connectivity index (χ0v) is 12.2. The van der Waals surface area contributed by atoms with Gasteiger partial charge in [-0.1, -0.05) is 36.2 Å². The van der Waals surface area contributed by atoms with Crippen molar-refractivity contribution in [3.63, 3.8) is 0 Å². The van der Waals surface area contributed by atoms with Crippen molar-refractivity contribution in [1.29, 1.82) is 0 Å². The Labute approximate surface area is 121 Å². The summed E-state index contributed by atoms with van der Waals surface area (Å²) in [6, 6.07) is 5.12. The molecule has 2 rings (SSSR count).